The predicted molar refractivity (Wildman–Crippen MR) is 219 cm³/mol. The topological polar surface area (TPSA) is 156 Å². The molecular weight excluding hydrogens is 797 g/mol. The van der Waals surface area contributed by atoms with E-state index in [0.29, 0.717) is 18.9 Å². The summed E-state index contributed by atoms with van der Waals surface area (Å²) < 4.78 is 65.5. The summed E-state index contributed by atoms with van der Waals surface area (Å²) in [6, 6.07) is 8.59. The van der Waals surface area contributed by atoms with Crippen LogP contribution < -0.4 is 21.6 Å². The lowest BCUT2D eigenvalue weighted by Gasteiger charge is -2.36. The van der Waals surface area contributed by atoms with Gasteiger partial charge in [0.15, 0.2) is 0 Å². The molecule has 8 rings (SSSR count). The van der Waals surface area contributed by atoms with E-state index >= 15 is 0 Å². The Kier molecular flexibility index (Phi) is 11.7. The lowest BCUT2D eigenvalue weighted by Crippen LogP contribution is -2.56. The van der Waals surface area contributed by atoms with Crippen LogP contribution in [0.2, 0.25) is 0 Å². The molecule has 1 aromatic heterocycles. The number of carbonyl (C=O) groups excluding carboxylic acids is 2. The number of imidazole rings is 1. The van der Waals surface area contributed by atoms with Crippen LogP contribution in [-0.2, 0) is 31.0 Å². The van der Waals surface area contributed by atoms with Crippen molar-refractivity contribution in [3.05, 3.63) is 71.3 Å². The maximum atomic E-state index is 14.9. The van der Waals surface area contributed by atoms with Gasteiger partial charge in [0.1, 0.15) is 24.1 Å². The Morgan fingerprint density at radius 3 is 2.20 bits per heavy atom. The summed E-state index contributed by atoms with van der Waals surface area (Å²) in [5.41, 5.74) is 12.3. The van der Waals surface area contributed by atoms with Crippen molar-refractivity contribution in [2.45, 2.75) is 114 Å². The number of hydrogen-bond donors (Lipinski definition) is 6. The lowest BCUT2D eigenvalue weighted by atomic mass is 9.72. The van der Waals surface area contributed by atoms with E-state index in [4.69, 9.17) is 9.57 Å². The van der Waals surface area contributed by atoms with Gasteiger partial charge in [-0.05, 0) is 65.3 Å². The van der Waals surface area contributed by atoms with Crippen LogP contribution in [0.3, 0.4) is 0 Å². The molecule has 3 fully saturated rings. The summed E-state index contributed by atoms with van der Waals surface area (Å²) in [6.07, 6.45) is 5.18. The largest absolute Gasteiger partial charge is 0.381 e. The minimum absolute atomic E-state index is 0.109. The number of carbonyl (C=O) groups is 2. The van der Waals surface area contributed by atoms with Crippen LogP contribution in [0.4, 0.5) is 17.6 Å². The monoisotopic (exact) mass is 852 g/mol. The normalized spacial score (nSPS) is 24.9. The molecule has 0 bridgehead atoms. The number of benzene rings is 2. The zero-order valence-electron chi connectivity index (χ0n) is 35.2. The molecule has 1 unspecified atom stereocenters. The molecule has 3 saturated heterocycles. The molecule has 0 radical (unpaired) electrons. The van der Waals surface area contributed by atoms with Crippen LogP contribution >= 0.6 is 0 Å². The van der Waals surface area contributed by atoms with Crippen LogP contribution in [-0.4, -0.2) is 106 Å². The summed E-state index contributed by atoms with van der Waals surface area (Å²) in [7, 11) is 1.39. The number of hydroxylamine groups is 2. The second-order valence-corrected chi connectivity index (χ2v) is 18.0. The molecular formula is C44H56F4N8O5. The van der Waals surface area contributed by atoms with Gasteiger partial charge in [0.05, 0.1) is 49.9 Å². The summed E-state index contributed by atoms with van der Waals surface area (Å²) in [5, 5.41) is 16.4. The predicted octanol–water partition coefficient (Wildman–Crippen LogP) is 5.88. The zero-order valence-corrected chi connectivity index (χ0v) is 35.2. The maximum Gasteiger partial charge on any atom is 0.267 e. The number of nitrogens with one attached hydrogen (secondary N) is 5. The summed E-state index contributed by atoms with van der Waals surface area (Å²) in [4.78, 5) is 42.0. The minimum Gasteiger partial charge on any atom is -0.381 e. The fourth-order valence-electron chi connectivity index (χ4n) is 10.2. The Balaban J connectivity index is 1.05. The Hall–Kier alpha value is -4.55. The van der Waals surface area contributed by atoms with Crippen molar-refractivity contribution in [3.8, 4) is 22.4 Å². The van der Waals surface area contributed by atoms with Crippen molar-refractivity contribution in [3.63, 3.8) is 0 Å². The summed E-state index contributed by atoms with van der Waals surface area (Å²) in [5.74, 6) is -7.44. The molecule has 5 atom stereocenters. The molecule has 0 saturated carbocycles. The fourth-order valence-corrected chi connectivity index (χ4v) is 10.2. The second-order valence-electron chi connectivity index (χ2n) is 18.0. The van der Waals surface area contributed by atoms with Crippen molar-refractivity contribution in [2.24, 2.45) is 11.8 Å². The molecule has 1 aliphatic carbocycles. The zero-order chi connectivity index (χ0) is 43.4. The molecule has 4 aliphatic heterocycles. The molecule has 5 heterocycles. The standard InChI is InChI=1S/C44H56F4N8O5/c1-24(2)36(53-59)40(57)55-22-43(45,46)19-34(55)39-50-21-32(52-39)29-11-10-28(35-30(29)12-13-42(35)14-16-61-17-15-42)26-6-8-27(9-7-26)31-20-49-38(51-31)33-18-44(47,48)23-56(33)41(58)37(25(3)4)54-60-5/h6-11,20-21,24-25,33-34,36-37,39,50,52-54,59H,12-19,22-23H2,1-5H3,(H,49,51)/t33-,34-,36-,37-,39?/m0/s1. The van der Waals surface area contributed by atoms with Crippen LogP contribution in [0.1, 0.15) is 88.4 Å². The molecule has 5 aliphatic rings. The highest BCUT2D eigenvalue weighted by molar-refractivity contribution is 5.84. The smallest absolute Gasteiger partial charge is 0.267 e. The molecule has 17 heteroatoms. The average Bonchev–Trinajstić information content (AvgIpc) is 4.07. The van der Waals surface area contributed by atoms with Gasteiger partial charge in [-0.15, -0.1) is 0 Å². The quantitative estimate of drug-likeness (QED) is 0.0962. The number of hydrogen-bond acceptors (Lipinski definition) is 10. The molecule has 6 N–H and O–H groups in total. The number of rotatable bonds is 12. The van der Waals surface area contributed by atoms with Gasteiger partial charge in [0, 0.05) is 43.2 Å². The van der Waals surface area contributed by atoms with E-state index in [1.165, 1.54) is 28.0 Å². The Labute approximate surface area is 352 Å². The van der Waals surface area contributed by atoms with Gasteiger partial charge in [-0.2, -0.15) is 11.0 Å². The number of nitrogens with zero attached hydrogens (tertiary/aromatic N) is 3. The number of likely N-dealkylation sites (tertiary alicyclic amines) is 2. The van der Waals surface area contributed by atoms with E-state index in [1.54, 1.807) is 20.0 Å². The summed E-state index contributed by atoms with van der Waals surface area (Å²) in [6.45, 7) is 6.98. The number of ether oxygens (including phenoxy) is 1. The molecule has 2 amide bonds. The van der Waals surface area contributed by atoms with Gasteiger partial charge in [0.25, 0.3) is 11.8 Å². The number of amides is 2. The van der Waals surface area contributed by atoms with Crippen molar-refractivity contribution < 1.29 is 41.9 Å². The van der Waals surface area contributed by atoms with E-state index in [0.717, 1.165) is 53.6 Å². The van der Waals surface area contributed by atoms with Gasteiger partial charge in [-0.1, -0.05) is 64.1 Å². The molecule has 61 heavy (non-hydrogen) atoms. The maximum absolute atomic E-state index is 14.9. The van der Waals surface area contributed by atoms with E-state index in [9.17, 15) is 32.4 Å². The van der Waals surface area contributed by atoms with Crippen LogP contribution in [0.25, 0.3) is 28.1 Å². The number of halogens is 4. The first-order valence-electron chi connectivity index (χ1n) is 21.2. The number of aromatic nitrogens is 2. The molecule has 1 spiro atoms. The van der Waals surface area contributed by atoms with Gasteiger partial charge in [0.2, 0.25) is 11.8 Å². The van der Waals surface area contributed by atoms with E-state index in [1.807, 2.05) is 49.8 Å². The van der Waals surface area contributed by atoms with Crippen molar-refractivity contribution in [1.29, 1.82) is 0 Å². The highest BCUT2D eigenvalue weighted by atomic mass is 19.3. The van der Waals surface area contributed by atoms with Crippen LogP contribution in [0, 0.1) is 11.8 Å². The Morgan fingerprint density at radius 2 is 1.52 bits per heavy atom. The number of aromatic amines is 1. The van der Waals surface area contributed by atoms with E-state index in [2.05, 4.69) is 38.2 Å². The second kappa shape index (κ2) is 16.6. The van der Waals surface area contributed by atoms with Crippen molar-refractivity contribution in [1.82, 2.24) is 41.4 Å². The first kappa shape index (κ1) is 43.1. The van der Waals surface area contributed by atoms with Gasteiger partial charge in [-0.25, -0.2) is 22.5 Å². The SMILES string of the molecule is CON[C@H](C(=O)N1CC(F)(F)C[C@H]1c1ncc(-c2ccc(-c3ccc(C4=CNC([C@@H]5CC(F)(F)CN5C(=O)[C@@H](NO)C(C)C)N4)c4c3C3(CCOCC3)CC4)cc2)[nH]1)C(C)C. The van der Waals surface area contributed by atoms with E-state index < -0.39 is 79.9 Å². The number of H-pyrrole nitrogens is 1. The highest BCUT2D eigenvalue weighted by Crippen LogP contribution is 2.52. The van der Waals surface area contributed by atoms with Crippen LogP contribution in [0.5, 0.6) is 0 Å². The summed E-state index contributed by atoms with van der Waals surface area (Å²) >= 11 is 0. The third kappa shape index (κ3) is 8.15. The highest BCUT2D eigenvalue weighted by Gasteiger charge is 2.53. The first-order valence-corrected chi connectivity index (χ1v) is 21.2. The number of alkyl halides is 4. The van der Waals surface area contributed by atoms with Gasteiger partial charge in [-0.3, -0.25) is 9.59 Å². The van der Waals surface area contributed by atoms with E-state index in [-0.39, 0.29) is 23.1 Å². The molecule has 3 aromatic rings. The van der Waals surface area contributed by atoms with Gasteiger partial charge >= 0.3 is 0 Å². The Bertz CT molecular complexity index is 2140. The first-order chi connectivity index (χ1) is 29.0. The van der Waals surface area contributed by atoms with Crippen molar-refractivity contribution >= 4 is 17.5 Å². The molecule has 13 nitrogen and oxygen atoms in total. The fraction of sp³-hybridized carbons (Fsp3) is 0.568. The van der Waals surface area contributed by atoms with Crippen LogP contribution in [0.15, 0.2) is 48.8 Å². The third-order valence-electron chi connectivity index (χ3n) is 13.4. The molecule has 2 aromatic carbocycles. The van der Waals surface area contributed by atoms with Gasteiger partial charge < -0.3 is 40.2 Å². The Morgan fingerprint density at radius 1 is 0.885 bits per heavy atom. The van der Waals surface area contributed by atoms with Crippen molar-refractivity contribution in [2.75, 3.05) is 33.4 Å². The average molecular weight is 853 g/mol. The molecule has 330 valence electrons. The minimum atomic E-state index is -3.08. The third-order valence-corrected chi connectivity index (χ3v) is 13.4. The number of fused-ring (bicyclic) bond motifs is 2. The lowest BCUT2D eigenvalue weighted by molar-refractivity contribution is -0.141.